The number of benzene rings is 1. The van der Waals surface area contributed by atoms with Crippen LogP contribution in [0.25, 0.3) is 0 Å². The number of pyridine rings is 1. The van der Waals surface area contributed by atoms with E-state index in [0.29, 0.717) is 41.2 Å². The zero-order chi connectivity index (χ0) is 21.3. The van der Waals surface area contributed by atoms with Crippen LogP contribution in [0.1, 0.15) is 25.8 Å². The molecule has 0 radical (unpaired) electrons. The van der Waals surface area contributed by atoms with Gasteiger partial charge in [0.05, 0.1) is 33.3 Å². The molecule has 1 aromatic heterocycles. The van der Waals surface area contributed by atoms with Crippen LogP contribution in [0, 0.1) is 0 Å². The smallest absolute Gasteiger partial charge is 0.406 e. The molecule has 158 valence electrons. The maximum absolute atomic E-state index is 13.8. The summed E-state index contributed by atoms with van der Waals surface area (Å²) < 4.78 is 41.4. The summed E-state index contributed by atoms with van der Waals surface area (Å²) in [5, 5.41) is 0.573. The average molecular weight is 421 g/mol. The summed E-state index contributed by atoms with van der Waals surface area (Å²) in [4.78, 5) is 4.13. The van der Waals surface area contributed by atoms with E-state index in [1.54, 1.807) is 31.5 Å². The fourth-order valence-corrected chi connectivity index (χ4v) is 4.66. The quantitative estimate of drug-likeness (QED) is 0.459. The first-order chi connectivity index (χ1) is 14.0. The van der Waals surface area contributed by atoms with Gasteiger partial charge in [-0.1, -0.05) is 19.1 Å². The molecule has 0 saturated heterocycles. The second-order valence-corrected chi connectivity index (χ2v) is 8.02. The molecule has 2 aromatic rings. The zero-order valence-corrected chi connectivity index (χ0v) is 18.4. The minimum Gasteiger partial charge on any atom is -0.493 e. The van der Waals surface area contributed by atoms with E-state index in [0.717, 1.165) is 5.56 Å². The summed E-state index contributed by atoms with van der Waals surface area (Å²) in [5.74, 6) is 1.52. The number of nitrogens with zero attached hydrogens (tertiary/aromatic N) is 1. The molecule has 0 bridgehead atoms. The molecule has 8 heteroatoms. The topological polar surface area (TPSA) is 76.1 Å². The number of aromatic nitrogens is 1. The van der Waals surface area contributed by atoms with Gasteiger partial charge >= 0.3 is 7.60 Å². The number of rotatable bonds is 11. The van der Waals surface area contributed by atoms with E-state index in [2.05, 4.69) is 4.98 Å². The standard InChI is InChI=1S/C21H28NO6P/c1-6-9-18(12-16-10-8-11-22-15-16)29(23,27-7-2)28-17-13-19(24-3)21(26-5)20(14-17)25-4/h8-11,13-15H,6-7,12H2,1-5H3/b18-9-. The Balaban J connectivity index is 2.45. The van der Waals surface area contributed by atoms with E-state index in [-0.39, 0.29) is 6.61 Å². The van der Waals surface area contributed by atoms with Gasteiger partial charge in [-0.25, -0.2) is 4.57 Å². The Hall–Kier alpha value is -2.50. The minimum atomic E-state index is -3.64. The number of allylic oxidation sites excluding steroid dienone is 2. The van der Waals surface area contributed by atoms with Crippen LogP contribution in [-0.2, 0) is 15.5 Å². The number of methoxy groups -OCH3 is 3. The van der Waals surface area contributed by atoms with Gasteiger partial charge in [0.2, 0.25) is 5.75 Å². The Morgan fingerprint density at radius 3 is 2.28 bits per heavy atom. The van der Waals surface area contributed by atoms with E-state index < -0.39 is 7.60 Å². The highest BCUT2D eigenvalue weighted by Crippen LogP contribution is 2.58. The van der Waals surface area contributed by atoms with Crippen molar-refractivity contribution in [3.8, 4) is 23.0 Å². The highest BCUT2D eigenvalue weighted by Gasteiger charge is 2.32. The fraction of sp³-hybridized carbons (Fsp3) is 0.381. The lowest BCUT2D eigenvalue weighted by Crippen LogP contribution is -2.05. The van der Waals surface area contributed by atoms with Crippen molar-refractivity contribution in [2.45, 2.75) is 26.7 Å². The molecule has 0 aliphatic rings. The number of hydrogen-bond donors (Lipinski definition) is 0. The summed E-state index contributed by atoms with van der Waals surface area (Å²) in [6.45, 7) is 3.98. The Kier molecular flexibility index (Phi) is 8.55. The molecule has 1 unspecified atom stereocenters. The predicted molar refractivity (Wildman–Crippen MR) is 112 cm³/mol. The van der Waals surface area contributed by atoms with Crippen LogP contribution in [-0.4, -0.2) is 32.9 Å². The summed E-state index contributed by atoms with van der Waals surface area (Å²) in [5.41, 5.74) is 0.917. The van der Waals surface area contributed by atoms with Gasteiger partial charge in [-0.05, 0) is 25.0 Å². The Bertz CT molecular complexity index is 844. The van der Waals surface area contributed by atoms with Crippen molar-refractivity contribution in [2.75, 3.05) is 27.9 Å². The van der Waals surface area contributed by atoms with Crippen LogP contribution in [0.2, 0.25) is 0 Å². The molecule has 0 aliphatic carbocycles. The monoisotopic (exact) mass is 421 g/mol. The van der Waals surface area contributed by atoms with Gasteiger partial charge in [-0.2, -0.15) is 0 Å². The molecule has 0 N–H and O–H groups in total. The first kappa shape index (κ1) is 22.8. The molecule has 2 rings (SSSR count). The molecule has 0 spiro atoms. The van der Waals surface area contributed by atoms with Crippen molar-refractivity contribution in [1.82, 2.24) is 4.98 Å². The molecule has 1 atom stereocenters. The molecule has 0 fully saturated rings. The van der Waals surface area contributed by atoms with Gasteiger partial charge in [-0.15, -0.1) is 0 Å². The van der Waals surface area contributed by atoms with Crippen molar-refractivity contribution in [3.63, 3.8) is 0 Å². The molecule has 0 amide bonds. The zero-order valence-electron chi connectivity index (χ0n) is 17.5. The first-order valence-corrected chi connectivity index (χ1v) is 10.9. The van der Waals surface area contributed by atoms with Crippen LogP contribution < -0.4 is 18.7 Å². The Morgan fingerprint density at radius 1 is 1.10 bits per heavy atom. The molecular weight excluding hydrogens is 393 g/mol. The molecule has 0 saturated carbocycles. The van der Waals surface area contributed by atoms with Crippen molar-refractivity contribution >= 4 is 7.60 Å². The van der Waals surface area contributed by atoms with Crippen molar-refractivity contribution in [1.29, 1.82) is 0 Å². The normalized spacial score (nSPS) is 13.5. The second kappa shape index (κ2) is 10.9. The van der Waals surface area contributed by atoms with Crippen molar-refractivity contribution < 1.29 is 27.8 Å². The fourth-order valence-electron chi connectivity index (χ4n) is 2.81. The first-order valence-electron chi connectivity index (χ1n) is 9.33. The lowest BCUT2D eigenvalue weighted by Gasteiger charge is -2.23. The summed E-state index contributed by atoms with van der Waals surface area (Å²) in [6.07, 6.45) is 6.40. The third kappa shape index (κ3) is 5.75. The van der Waals surface area contributed by atoms with Crippen LogP contribution in [0.3, 0.4) is 0 Å². The maximum Gasteiger partial charge on any atom is 0.406 e. The number of ether oxygens (including phenoxy) is 3. The third-order valence-corrected chi connectivity index (χ3v) is 6.16. The van der Waals surface area contributed by atoms with E-state index in [4.69, 9.17) is 23.3 Å². The minimum absolute atomic E-state index is 0.232. The van der Waals surface area contributed by atoms with E-state index in [9.17, 15) is 4.57 Å². The van der Waals surface area contributed by atoms with Gasteiger partial charge in [0.25, 0.3) is 0 Å². The van der Waals surface area contributed by atoms with Crippen molar-refractivity contribution in [3.05, 3.63) is 53.6 Å². The highest BCUT2D eigenvalue weighted by atomic mass is 31.2. The third-order valence-electron chi connectivity index (χ3n) is 4.06. The molecule has 29 heavy (non-hydrogen) atoms. The second-order valence-electron chi connectivity index (χ2n) is 6.01. The van der Waals surface area contributed by atoms with Gasteiger partial charge in [0.1, 0.15) is 5.75 Å². The van der Waals surface area contributed by atoms with E-state index in [1.165, 1.54) is 21.3 Å². The van der Waals surface area contributed by atoms with Crippen LogP contribution in [0.15, 0.2) is 48.0 Å². The maximum atomic E-state index is 13.8. The SMILES string of the molecule is CC/C=C(/Cc1cccnc1)P(=O)(OCC)Oc1cc(OC)c(OC)c(OC)c1. The predicted octanol–water partition coefficient (Wildman–Crippen LogP) is 5.25. The van der Waals surface area contributed by atoms with E-state index in [1.807, 2.05) is 25.1 Å². The van der Waals surface area contributed by atoms with Crippen LogP contribution in [0.4, 0.5) is 0 Å². The van der Waals surface area contributed by atoms with E-state index >= 15 is 0 Å². The summed E-state index contributed by atoms with van der Waals surface area (Å²) in [6, 6.07) is 6.96. The average Bonchev–Trinajstić information content (AvgIpc) is 2.73. The molecule has 1 aromatic carbocycles. The molecular formula is C21H28NO6P. The van der Waals surface area contributed by atoms with Gasteiger partial charge < -0.3 is 18.7 Å². The lowest BCUT2D eigenvalue weighted by atomic mass is 10.2. The van der Waals surface area contributed by atoms with Crippen molar-refractivity contribution in [2.24, 2.45) is 0 Å². The summed E-state index contributed by atoms with van der Waals surface area (Å²) >= 11 is 0. The molecule has 1 heterocycles. The van der Waals surface area contributed by atoms with Gasteiger partial charge in [-0.3, -0.25) is 9.51 Å². The summed E-state index contributed by atoms with van der Waals surface area (Å²) in [7, 11) is 0.896. The molecule has 0 aliphatic heterocycles. The number of hydrogen-bond acceptors (Lipinski definition) is 7. The van der Waals surface area contributed by atoms with Gasteiger partial charge in [0.15, 0.2) is 11.5 Å². The van der Waals surface area contributed by atoms with Gasteiger partial charge in [0, 0.05) is 30.9 Å². The molecule has 7 nitrogen and oxygen atoms in total. The van der Waals surface area contributed by atoms with Crippen LogP contribution in [0.5, 0.6) is 23.0 Å². The Labute approximate surface area is 172 Å². The highest BCUT2D eigenvalue weighted by molar-refractivity contribution is 7.58. The lowest BCUT2D eigenvalue weighted by molar-refractivity contribution is 0.282. The largest absolute Gasteiger partial charge is 0.493 e. The van der Waals surface area contributed by atoms with Crippen LogP contribution >= 0.6 is 7.60 Å². The Morgan fingerprint density at radius 2 is 1.79 bits per heavy atom.